The van der Waals surface area contributed by atoms with Gasteiger partial charge in [-0.25, -0.2) is 0 Å². The number of halogens is 1. The fraction of sp³-hybridized carbons (Fsp3) is 0.429. The van der Waals surface area contributed by atoms with E-state index in [1.165, 1.54) is 0 Å². The molecule has 0 aliphatic rings. The van der Waals surface area contributed by atoms with Crippen LogP contribution in [0.1, 0.15) is 26.2 Å². The van der Waals surface area contributed by atoms with Gasteiger partial charge in [0, 0.05) is 11.1 Å². The van der Waals surface area contributed by atoms with Crippen molar-refractivity contribution in [1.82, 2.24) is 5.32 Å². The van der Waals surface area contributed by atoms with Crippen molar-refractivity contribution in [3.05, 3.63) is 29.3 Å². The fourth-order valence-corrected chi connectivity index (χ4v) is 1.86. The number of hydrogen-bond acceptors (Lipinski definition) is 3. The maximum Gasteiger partial charge on any atom is 0.305 e. The van der Waals surface area contributed by atoms with Gasteiger partial charge in [0.1, 0.15) is 5.75 Å². The molecule has 0 aromatic heterocycles. The molecule has 0 spiro atoms. The Morgan fingerprint density at radius 3 is 2.55 bits per heavy atom. The van der Waals surface area contributed by atoms with E-state index in [-0.39, 0.29) is 25.0 Å². The molecule has 20 heavy (non-hydrogen) atoms. The zero-order valence-electron chi connectivity index (χ0n) is 11.3. The molecule has 1 rings (SSSR count). The van der Waals surface area contributed by atoms with E-state index in [0.717, 1.165) is 6.42 Å². The summed E-state index contributed by atoms with van der Waals surface area (Å²) in [7, 11) is 0. The molecule has 5 nitrogen and oxygen atoms in total. The third-order valence-electron chi connectivity index (χ3n) is 2.61. The molecule has 0 aliphatic carbocycles. The molecule has 110 valence electrons. The summed E-state index contributed by atoms with van der Waals surface area (Å²) in [6, 6.07) is 6.30. The number of carbonyl (C=O) groups excluding carboxylic acids is 1. The van der Waals surface area contributed by atoms with Crippen LogP contribution in [0, 0.1) is 0 Å². The lowest BCUT2D eigenvalue weighted by Crippen LogP contribution is -2.39. The minimum Gasteiger partial charge on any atom is -0.484 e. The summed E-state index contributed by atoms with van der Waals surface area (Å²) < 4.78 is 5.29. The molecule has 6 heteroatoms. The summed E-state index contributed by atoms with van der Waals surface area (Å²) in [6.07, 6.45) is 1.34. The highest BCUT2D eigenvalue weighted by Crippen LogP contribution is 2.15. The Balaban J connectivity index is 2.41. The van der Waals surface area contributed by atoms with Crippen LogP contribution >= 0.6 is 11.6 Å². The van der Waals surface area contributed by atoms with E-state index in [9.17, 15) is 9.59 Å². The van der Waals surface area contributed by atoms with Crippen LogP contribution in [0.25, 0.3) is 0 Å². The maximum atomic E-state index is 11.7. The molecule has 0 aliphatic heterocycles. The standard InChI is InChI=1S/C14H18ClNO4/c1-2-3-11(8-14(18)19)16-13(17)9-20-12-6-4-10(15)5-7-12/h4-7,11H,2-3,8-9H2,1H3,(H,16,17)(H,18,19). The van der Waals surface area contributed by atoms with Crippen molar-refractivity contribution in [3.8, 4) is 5.75 Å². The summed E-state index contributed by atoms with van der Waals surface area (Å²) in [5.74, 6) is -0.725. The lowest BCUT2D eigenvalue weighted by atomic mass is 10.1. The Hall–Kier alpha value is -1.75. The highest BCUT2D eigenvalue weighted by molar-refractivity contribution is 6.30. The molecular weight excluding hydrogens is 282 g/mol. The first kappa shape index (κ1) is 16.3. The minimum absolute atomic E-state index is 0.0828. The Labute approximate surface area is 122 Å². The second-order valence-electron chi connectivity index (χ2n) is 4.39. The van der Waals surface area contributed by atoms with E-state index >= 15 is 0 Å². The smallest absolute Gasteiger partial charge is 0.305 e. The molecule has 0 bridgehead atoms. The maximum absolute atomic E-state index is 11.7. The highest BCUT2D eigenvalue weighted by Gasteiger charge is 2.15. The van der Waals surface area contributed by atoms with Gasteiger partial charge < -0.3 is 15.2 Å². The first-order valence-electron chi connectivity index (χ1n) is 6.40. The second-order valence-corrected chi connectivity index (χ2v) is 4.83. The molecule has 1 aromatic carbocycles. The van der Waals surface area contributed by atoms with Gasteiger partial charge in [-0.1, -0.05) is 24.9 Å². The van der Waals surface area contributed by atoms with Gasteiger partial charge in [-0.05, 0) is 30.7 Å². The van der Waals surface area contributed by atoms with Gasteiger partial charge in [-0.2, -0.15) is 0 Å². The predicted octanol–water partition coefficient (Wildman–Crippen LogP) is 2.48. The molecule has 1 atom stereocenters. The van der Waals surface area contributed by atoms with E-state index < -0.39 is 5.97 Å². The molecule has 0 saturated heterocycles. The van der Waals surface area contributed by atoms with Crippen LogP contribution in [0.15, 0.2) is 24.3 Å². The lowest BCUT2D eigenvalue weighted by molar-refractivity contribution is -0.137. The van der Waals surface area contributed by atoms with Crippen molar-refractivity contribution in [2.45, 2.75) is 32.2 Å². The highest BCUT2D eigenvalue weighted by atomic mass is 35.5. The summed E-state index contributed by atoms with van der Waals surface area (Å²) in [4.78, 5) is 22.4. The van der Waals surface area contributed by atoms with Gasteiger partial charge in [0.25, 0.3) is 5.91 Å². The zero-order chi connectivity index (χ0) is 15.0. The quantitative estimate of drug-likeness (QED) is 0.773. The number of amides is 1. The largest absolute Gasteiger partial charge is 0.484 e. The number of nitrogens with one attached hydrogen (secondary N) is 1. The molecule has 1 amide bonds. The number of carboxylic acid groups (broad SMARTS) is 1. The number of aliphatic carboxylic acids is 1. The number of hydrogen-bond donors (Lipinski definition) is 2. The molecule has 1 unspecified atom stereocenters. The summed E-state index contributed by atoms with van der Waals surface area (Å²) >= 11 is 5.74. The van der Waals surface area contributed by atoms with Crippen LogP contribution in [0.5, 0.6) is 5.75 Å². The van der Waals surface area contributed by atoms with Gasteiger partial charge in [0.15, 0.2) is 6.61 Å². The second kappa shape index (κ2) is 8.43. The topological polar surface area (TPSA) is 75.6 Å². The molecule has 0 fully saturated rings. The normalized spacial score (nSPS) is 11.7. The molecule has 0 saturated carbocycles. The Kier molecular flexibility index (Phi) is 6.87. The van der Waals surface area contributed by atoms with Crippen LogP contribution in [0.3, 0.4) is 0 Å². The number of ether oxygens (including phenoxy) is 1. The van der Waals surface area contributed by atoms with E-state index in [1.54, 1.807) is 24.3 Å². The molecule has 0 heterocycles. The summed E-state index contributed by atoms with van der Waals surface area (Å²) in [5.41, 5.74) is 0. The number of carboxylic acids is 1. The number of carbonyl (C=O) groups is 2. The average molecular weight is 300 g/mol. The van der Waals surface area contributed by atoms with Crippen molar-refractivity contribution in [2.75, 3.05) is 6.61 Å². The van der Waals surface area contributed by atoms with E-state index in [4.69, 9.17) is 21.4 Å². The first-order valence-corrected chi connectivity index (χ1v) is 6.78. The van der Waals surface area contributed by atoms with Crippen molar-refractivity contribution < 1.29 is 19.4 Å². The summed E-state index contributed by atoms with van der Waals surface area (Å²) in [5, 5.41) is 12.0. The van der Waals surface area contributed by atoms with E-state index in [0.29, 0.717) is 17.2 Å². The van der Waals surface area contributed by atoms with Crippen LogP contribution in [0.2, 0.25) is 5.02 Å². The van der Waals surface area contributed by atoms with E-state index in [1.807, 2.05) is 6.92 Å². The SMILES string of the molecule is CCCC(CC(=O)O)NC(=O)COc1ccc(Cl)cc1. The Morgan fingerprint density at radius 1 is 1.35 bits per heavy atom. The van der Waals surface area contributed by atoms with Crippen molar-refractivity contribution in [1.29, 1.82) is 0 Å². The summed E-state index contributed by atoms with van der Waals surface area (Å²) in [6.45, 7) is 1.78. The van der Waals surface area contributed by atoms with Crippen LogP contribution < -0.4 is 10.1 Å². The van der Waals surface area contributed by atoms with Crippen LogP contribution in [-0.2, 0) is 9.59 Å². The first-order chi connectivity index (χ1) is 9.51. The molecular formula is C14H18ClNO4. The third kappa shape index (κ3) is 6.43. The van der Waals surface area contributed by atoms with Crippen molar-refractivity contribution in [3.63, 3.8) is 0 Å². The lowest BCUT2D eigenvalue weighted by Gasteiger charge is -2.16. The average Bonchev–Trinajstić information content (AvgIpc) is 2.37. The Morgan fingerprint density at radius 2 is 2.00 bits per heavy atom. The molecule has 0 radical (unpaired) electrons. The number of benzene rings is 1. The van der Waals surface area contributed by atoms with Crippen LogP contribution in [-0.4, -0.2) is 29.6 Å². The van der Waals surface area contributed by atoms with Crippen molar-refractivity contribution >= 4 is 23.5 Å². The fourth-order valence-electron chi connectivity index (χ4n) is 1.73. The monoisotopic (exact) mass is 299 g/mol. The molecule has 1 aromatic rings. The molecule has 2 N–H and O–H groups in total. The third-order valence-corrected chi connectivity index (χ3v) is 2.86. The van der Waals surface area contributed by atoms with E-state index in [2.05, 4.69) is 5.32 Å². The Bertz CT molecular complexity index is 447. The van der Waals surface area contributed by atoms with Gasteiger partial charge in [0.2, 0.25) is 0 Å². The van der Waals surface area contributed by atoms with Crippen molar-refractivity contribution in [2.24, 2.45) is 0 Å². The van der Waals surface area contributed by atoms with Gasteiger partial charge in [-0.3, -0.25) is 9.59 Å². The minimum atomic E-state index is -0.928. The number of rotatable bonds is 8. The van der Waals surface area contributed by atoms with Gasteiger partial charge in [0.05, 0.1) is 6.42 Å². The zero-order valence-corrected chi connectivity index (χ0v) is 12.0. The predicted molar refractivity (Wildman–Crippen MR) is 76.0 cm³/mol. The van der Waals surface area contributed by atoms with Gasteiger partial charge in [-0.15, -0.1) is 0 Å². The van der Waals surface area contributed by atoms with Gasteiger partial charge >= 0.3 is 5.97 Å². The van der Waals surface area contributed by atoms with Crippen LogP contribution in [0.4, 0.5) is 0 Å².